The van der Waals surface area contributed by atoms with Gasteiger partial charge in [0, 0.05) is 18.8 Å². The molecule has 0 bridgehead atoms. The van der Waals surface area contributed by atoms with E-state index in [1.165, 1.54) is 0 Å². The lowest BCUT2D eigenvalue weighted by Crippen LogP contribution is -2.40. The smallest absolute Gasteiger partial charge is 0.250 e. The van der Waals surface area contributed by atoms with Gasteiger partial charge < -0.3 is 21.6 Å². The molecular weight excluding hydrogens is 220 g/mol. The number of anilines is 2. The van der Waals surface area contributed by atoms with E-state index in [1.54, 1.807) is 18.2 Å². The van der Waals surface area contributed by atoms with Crippen LogP contribution in [0.5, 0.6) is 0 Å². The van der Waals surface area contributed by atoms with Crippen LogP contribution >= 0.6 is 0 Å². The largest absolute Gasteiger partial charge is 0.399 e. The first-order chi connectivity index (χ1) is 8.16. The van der Waals surface area contributed by atoms with Crippen LogP contribution in [0.25, 0.3) is 0 Å². The number of nitrogens with two attached hydrogens (primary N) is 2. The number of amides is 1. The summed E-state index contributed by atoms with van der Waals surface area (Å²) >= 11 is 0. The van der Waals surface area contributed by atoms with Gasteiger partial charge in [0.15, 0.2) is 0 Å². The molecular formula is C11H16N4O2. The highest BCUT2D eigenvalue weighted by Gasteiger charge is 2.14. The third-order valence-electron chi connectivity index (χ3n) is 2.60. The van der Waals surface area contributed by atoms with E-state index in [-0.39, 0.29) is 0 Å². The van der Waals surface area contributed by atoms with Gasteiger partial charge in [0.05, 0.1) is 24.5 Å². The fraction of sp³-hybridized carbons (Fsp3) is 0.364. The third kappa shape index (κ3) is 2.86. The molecule has 1 aliphatic heterocycles. The van der Waals surface area contributed by atoms with E-state index < -0.39 is 5.91 Å². The summed E-state index contributed by atoms with van der Waals surface area (Å²) in [6.07, 6.45) is 0. The number of carbonyl (C=O) groups is 1. The Hall–Kier alpha value is -1.79. The molecule has 6 nitrogen and oxygen atoms in total. The predicted molar refractivity (Wildman–Crippen MR) is 65.4 cm³/mol. The number of primary amides is 1. The minimum Gasteiger partial charge on any atom is -0.399 e. The molecule has 1 aromatic carbocycles. The molecule has 0 saturated carbocycles. The topological polar surface area (TPSA) is 93.6 Å². The van der Waals surface area contributed by atoms with E-state index in [9.17, 15) is 4.79 Å². The van der Waals surface area contributed by atoms with Crippen molar-refractivity contribution in [1.82, 2.24) is 5.01 Å². The van der Waals surface area contributed by atoms with Crippen molar-refractivity contribution in [2.24, 2.45) is 5.73 Å². The highest BCUT2D eigenvalue weighted by Crippen LogP contribution is 2.19. The molecule has 92 valence electrons. The molecule has 1 aliphatic rings. The Balaban J connectivity index is 2.16. The van der Waals surface area contributed by atoms with E-state index >= 15 is 0 Å². The fourth-order valence-corrected chi connectivity index (χ4v) is 1.71. The lowest BCUT2D eigenvalue weighted by atomic mass is 10.1. The van der Waals surface area contributed by atoms with Crippen molar-refractivity contribution in [1.29, 1.82) is 0 Å². The van der Waals surface area contributed by atoms with Gasteiger partial charge in [-0.05, 0) is 18.2 Å². The SMILES string of the molecule is NC(=O)c1cc(N)ccc1NN1CCOCC1. The van der Waals surface area contributed by atoms with Crippen LogP contribution in [0.4, 0.5) is 11.4 Å². The van der Waals surface area contributed by atoms with Crippen molar-refractivity contribution in [3.8, 4) is 0 Å². The molecule has 6 heteroatoms. The molecule has 1 fully saturated rings. The summed E-state index contributed by atoms with van der Waals surface area (Å²) in [7, 11) is 0. The fourth-order valence-electron chi connectivity index (χ4n) is 1.71. The Morgan fingerprint density at radius 3 is 2.71 bits per heavy atom. The molecule has 1 amide bonds. The van der Waals surface area contributed by atoms with Gasteiger partial charge in [-0.15, -0.1) is 0 Å². The van der Waals surface area contributed by atoms with Crippen LogP contribution in [-0.2, 0) is 4.74 Å². The van der Waals surface area contributed by atoms with Crippen molar-refractivity contribution in [2.75, 3.05) is 37.5 Å². The maximum atomic E-state index is 11.3. The zero-order chi connectivity index (χ0) is 12.3. The summed E-state index contributed by atoms with van der Waals surface area (Å²) in [4.78, 5) is 11.3. The predicted octanol–water partition coefficient (Wildman–Crippen LogP) is 0.0268. The van der Waals surface area contributed by atoms with Crippen LogP contribution < -0.4 is 16.9 Å². The summed E-state index contributed by atoms with van der Waals surface area (Å²) in [5.74, 6) is -0.493. The van der Waals surface area contributed by atoms with Gasteiger partial charge in [0.25, 0.3) is 5.91 Å². The number of morpholine rings is 1. The maximum absolute atomic E-state index is 11.3. The lowest BCUT2D eigenvalue weighted by molar-refractivity contribution is 0.0496. The van der Waals surface area contributed by atoms with Crippen molar-refractivity contribution in [2.45, 2.75) is 0 Å². The molecule has 1 heterocycles. The van der Waals surface area contributed by atoms with Gasteiger partial charge >= 0.3 is 0 Å². The van der Waals surface area contributed by atoms with Crippen LogP contribution in [0.1, 0.15) is 10.4 Å². The maximum Gasteiger partial charge on any atom is 0.250 e. The molecule has 17 heavy (non-hydrogen) atoms. The number of nitrogen functional groups attached to an aromatic ring is 1. The minimum atomic E-state index is -0.493. The number of carbonyl (C=O) groups excluding carboxylic acids is 1. The Morgan fingerprint density at radius 2 is 2.06 bits per heavy atom. The van der Waals surface area contributed by atoms with E-state index in [2.05, 4.69) is 5.43 Å². The second kappa shape index (κ2) is 5.03. The van der Waals surface area contributed by atoms with Crippen molar-refractivity contribution in [3.05, 3.63) is 23.8 Å². The standard InChI is InChI=1S/C11H16N4O2/c12-8-1-2-10(9(7-8)11(13)16)14-15-3-5-17-6-4-15/h1-2,7,14H,3-6,12H2,(H2,13,16). The highest BCUT2D eigenvalue weighted by atomic mass is 16.5. The minimum absolute atomic E-state index is 0.400. The van der Waals surface area contributed by atoms with Crippen molar-refractivity contribution >= 4 is 17.3 Å². The summed E-state index contributed by atoms with van der Waals surface area (Å²) < 4.78 is 5.24. The average molecular weight is 236 g/mol. The van der Waals surface area contributed by atoms with Gasteiger partial charge in [-0.2, -0.15) is 0 Å². The van der Waals surface area contributed by atoms with Crippen LogP contribution in [0.2, 0.25) is 0 Å². The number of rotatable bonds is 3. The van der Waals surface area contributed by atoms with Gasteiger partial charge in [-0.1, -0.05) is 0 Å². The summed E-state index contributed by atoms with van der Waals surface area (Å²) in [6, 6.07) is 5.06. The zero-order valence-corrected chi connectivity index (χ0v) is 9.48. The second-order valence-electron chi connectivity index (χ2n) is 3.88. The molecule has 0 radical (unpaired) electrons. The van der Waals surface area contributed by atoms with Crippen molar-refractivity contribution < 1.29 is 9.53 Å². The number of nitrogens with zero attached hydrogens (tertiary/aromatic N) is 1. The third-order valence-corrected chi connectivity index (χ3v) is 2.60. The normalized spacial score (nSPS) is 16.7. The summed E-state index contributed by atoms with van der Waals surface area (Å²) in [5.41, 5.74) is 15.7. The first kappa shape index (κ1) is 11.7. The van der Waals surface area contributed by atoms with Gasteiger partial charge in [0.1, 0.15) is 0 Å². The Morgan fingerprint density at radius 1 is 1.35 bits per heavy atom. The highest BCUT2D eigenvalue weighted by molar-refractivity contribution is 5.99. The zero-order valence-electron chi connectivity index (χ0n) is 9.48. The van der Waals surface area contributed by atoms with Crippen molar-refractivity contribution in [3.63, 3.8) is 0 Å². The van der Waals surface area contributed by atoms with E-state index in [0.29, 0.717) is 30.2 Å². The van der Waals surface area contributed by atoms with E-state index in [1.807, 2.05) is 5.01 Å². The number of benzene rings is 1. The quantitative estimate of drug-likeness (QED) is 0.644. The van der Waals surface area contributed by atoms with Gasteiger partial charge in [-0.3, -0.25) is 4.79 Å². The molecule has 0 aromatic heterocycles. The van der Waals surface area contributed by atoms with E-state index in [4.69, 9.17) is 16.2 Å². The number of hydrogen-bond acceptors (Lipinski definition) is 5. The first-order valence-electron chi connectivity index (χ1n) is 5.45. The first-order valence-corrected chi connectivity index (χ1v) is 5.45. The molecule has 2 rings (SSSR count). The Kier molecular flexibility index (Phi) is 3.46. The Bertz CT molecular complexity index is 416. The summed E-state index contributed by atoms with van der Waals surface area (Å²) in [6.45, 7) is 2.88. The second-order valence-corrected chi connectivity index (χ2v) is 3.88. The van der Waals surface area contributed by atoms with Crippen LogP contribution in [0.15, 0.2) is 18.2 Å². The number of hydrogen-bond donors (Lipinski definition) is 3. The molecule has 1 saturated heterocycles. The number of ether oxygens (including phenoxy) is 1. The van der Waals surface area contributed by atoms with Gasteiger partial charge in [0.2, 0.25) is 0 Å². The average Bonchev–Trinajstić information content (AvgIpc) is 2.32. The van der Waals surface area contributed by atoms with Crippen LogP contribution in [0.3, 0.4) is 0 Å². The molecule has 0 aliphatic carbocycles. The molecule has 0 unspecified atom stereocenters. The number of nitrogens with one attached hydrogen (secondary N) is 1. The molecule has 0 atom stereocenters. The monoisotopic (exact) mass is 236 g/mol. The van der Waals surface area contributed by atoms with Crippen LogP contribution in [0, 0.1) is 0 Å². The van der Waals surface area contributed by atoms with E-state index in [0.717, 1.165) is 13.1 Å². The van der Waals surface area contributed by atoms with Crippen LogP contribution in [-0.4, -0.2) is 37.2 Å². The molecule has 1 aromatic rings. The molecule has 0 spiro atoms. The summed E-state index contributed by atoms with van der Waals surface area (Å²) in [5, 5.41) is 1.99. The molecule has 5 N–H and O–H groups in total. The van der Waals surface area contributed by atoms with Gasteiger partial charge in [-0.25, -0.2) is 5.01 Å². The lowest BCUT2D eigenvalue weighted by Gasteiger charge is -2.28. The number of hydrazine groups is 1. The Labute approximate surface area is 99.5 Å².